The van der Waals surface area contributed by atoms with Crippen molar-refractivity contribution in [2.24, 2.45) is 5.92 Å². The smallest absolute Gasteiger partial charge is 0.255 e. The van der Waals surface area contributed by atoms with Crippen LogP contribution in [0.2, 0.25) is 0 Å². The van der Waals surface area contributed by atoms with Crippen LogP contribution >= 0.6 is 0 Å². The zero-order valence-corrected chi connectivity index (χ0v) is 19.8. The van der Waals surface area contributed by atoms with E-state index in [1.807, 2.05) is 32.0 Å². The molecule has 1 aromatic heterocycles. The molecule has 0 fully saturated rings. The van der Waals surface area contributed by atoms with Crippen LogP contribution in [0, 0.1) is 11.7 Å². The minimum absolute atomic E-state index is 0.0917. The van der Waals surface area contributed by atoms with E-state index in [0.717, 1.165) is 11.1 Å². The molecule has 0 bridgehead atoms. The Kier molecular flexibility index (Phi) is 6.98. The van der Waals surface area contributed by atoms with E-state index in [0.29, 0.717) is 33.4 Å². The van der Waals surface area contributed by atoms with Gasteiger partial charge in [-0.3, -0.25) is 9.59 Å². The Labute approximate surface area is 202 Å². The fourth-order valence-electron chi connectivity index (χ4n) is 3.95. The minimum Gasteiger partial charge on any atom is -0.455 e. The second-order valence-electron chi connectivity index (χ2n) is 8.69. The number of rotatable bonds is 7. The maximum absolute atomic E-state index is 13.4. The number of hydrogen-bond donors (Lipinski definition) is 3. The SMILES string of the molecule is CNC(=O)c1c(-c2ccc(F)cc2)oc2ccc(-c3cccc(C(=O)N[C@@H](CO)C(C)C)c3)cc12. The Balaban J connectivity index is 1.76. The largest absolute Gasteiger partial charge is 0.455 e. The number of hydrogen-bond acceptors (Lipinski definition) is 4. The summed E-state index contributed by atoms with van der Waals surface area (Å²) in [4.78, 5) is 25.6. The van der Waals surface area contributed by atoms with Gasteiger partial charge in [-0.1, -0.05) is 32.0 Å². The van der Waals surface area contributed by atoms with Gasteiger partial charge in [0.1, 0.15) is 17.2 Å². The molecule has 0 aliphatic rings. The van der Waals surface area contributed by atoms with Crippen LogP contribution < -0.4 is 10.6 Å². The van der Waals surface area contributed by atoms with Gasteiger partial charge in [0.05, 0.1) is 18.2 Å². The highest BCUT2D eigenvalue weighted by Crippen LogP contribution is 2.36. The second-order valence-corrected chi connectivity index (χ2v) is 8.69. The standard InChI is InChI=1S/C28H27FN2O4/c1-16(2)23(15-32)31-27(33)20-6-4-5-18(13-20)19-9-12-24-22(14-19)25(28(34)30-3)26(35-24)17-7-10-21(29)11-8-17/h4-14,16,23,32H,15H2,1-3H3,(H,30,34)(H,31,33)/t23-/m0/s1. The first kappa shape index (κ1) is 24.2. The van der Waals surface area contributed by atoms with Gasteiger partial charge in [0.15, 0.2) is 0 Å². The van der Waals surface area contributed by atoms with E-state index in [4.69, 9.17) is 4.42 Å². The topological polar surface area (TPSA) is 91.6 Å². The van der Waals surface area contributed by atoms with Crippen molar-refractivity contribution in [3.8, 4) is 22.5 Å². The van der Waals surface area contributed by atoms with Crippen molar-refractivity contribution >= 4 is 22.8 Å². The first-order chi connectivity index (χ1) is 16.8. The Hall–Kier alpha value is -3.97. The molecule has 4 rings (SSSR count). The summed E-state index contributed by atoms with van der Waals surface area (Å²) in [7, 11) is 1.54. The zero-order chi connectivity index (χ0) is 25.1. The van der Waals surface area contributed by atoms with Crippen LogP contribution in [0.25, 0.3) is 33.4 Å². The summed E-state index contributed by atoms with van der Waals surface area (Å²) < 4.78 is 19.4. The number of benzene rings is 3. The van der Waals surface area contributed by atoms with E-state index in [2.05, 4.69) is 10.6 Å². The molecule has 0 aliphatic heterocycles. The van der Waals surface area contributed by atoms with Gasteiger partial charge in [-0.15, -0.1) is 0 Å². The van der Waals surface area contributed by atoms with Crippen LogP contribution in [0.1, 0.15) is 34.6 Å². The number of fused-ring (bicyclic) bond motifs is 1. The van der Waals surface area contributed by atoms with Gasteiger partial charge < -0.3 is 20.2 Å². The fraction of sp³-hybridized carbons (Fsp3) is 0.214. The van der Waals surface area contributed by atoms with E-state index in [1.54, 1.807) is 43.4 Å². The Morgan fingerprint density at radius 1 is 0.943 bits per heavy atom. The predicted molar refractivity (Wildman–Crippen MR) is 134 cm³/mol. The average molecular weight is 475 g/mol. The molecule has 180 valence electrons. The summed E-state index contributed by atoms with van der Waals surface area (Å²) in [5.41, 5.74) is 3.51. The van der Waals surface area contributed by atoms with Crippen molar-refractivity contribution in [1.29, 1.82) is 0 Å². The fourth-order valence-corrected chi connectivity index (χ4v) is 3.95. The Bertz CT molecular complexity index is 1380. The van der Waals surface area contributed by atoms with E-state index in [1.165, 1.54) is 12.1 Å². The van der Waals surface area contributed by atoms with E-state index >= 15 is 0 Å². The van der Waals surface area contributed by atoms with Crippen molar-refractivity contribution in [2.45, 2.75) is 19.9 Å². The molecule has 0 radical (unpaired) electrons. The molecular formula is C28H27FN2O4. The molecule has 2 amide bonds. The Morgan fingerprint density at radius 2 is 1.63 bits per heavy atom. The van der Waals surface area contributed by atoms with Crippen LogP contribution in [-0.2, 0) is 0 Å². The first-order valence-corrected chi connectivity index (χ1v) is 11.4. The van der Waals surface area contributed by atoms with Crippen molar-refractivity contribution in [3.63, 3.8) is 0 Å². The monoisotopic (exact) mass is 474 g/mol. The molecule has 1 heterocycles. The maximum Gasteiger partial charge on any atom is 0.255 e. The van der Waals surface area contributed by atoms with Gasteiger partial charge >= 0.3 is 0 Å². The van der Waals surface area contributed by atoms with Gasteiger partial charge in [-0.25, -0.2) is 4.39 Å². The van der Waals surface area contributed by atoms with Crippen LogP contribution in [-0.4, -0.2) is 36.6 Å². The molecule has 0 aliphatic carbocycles. The highest BCUT2D eigenvalue weighted by Gasteiger charge is 2.22. The third-order valence-electron chi connectivity index (χ3n) is 6.02. The number of carbonyl (C=O) groups is 2. The highest BCUT2D eigenvalue weighted by atomic mass is 19.1. The maximum atomic E-state index is 13.4. The number of halogens is 1. The predicted octanol–water partition coefficient (Wildman–Crippen LogP) is 5.01. The molecule has 0 saturated carbocycles. The lowest BCUT2D eigenvalue weighted by Gasteiger charge is -2.20. The summed E-state index contributed by atoms with van der Waals surface area (Å²) in [5.74, 6) is -0.524. The molecule has 0 unspecified atom stereocenters. The molecular weight excluding hydrogens is 447 g/mol. The summed E-state index contributed by atoms with van der Waals surface area (Å²) in [5, 5.41) is 15.7. The zero-order valence-electron chi connectivity index (χ0n) is 19.8. The van der Waals surface area contributed by atoms with Crippen LogP contribution in [0.15, 0.2) is 71.1 Å². The molecule has 3 aromatic carbocycles. The number of amides is 2. The summed E-state index contributed by atoms with van der Waals surface area (Å²) in [6, 6.07) is 18.1. The second kappa shape index (κ2) is 10.1. The molecule has 35 heavy (non-hydrogen) atoms. The third-order valence-corrected chi connectivity index (χ3v) is 6.02. The molecule has 6 nitrogen and oxygen atoms in total. The van der Waals surface area contributed by atoms with Gasteiger partial charge in [0, 0.05) is 23.6 Å². The molecule has 4 aromatic rings. The van der Waals surface area contributed by atoms with Crippen molar-refractivity contribution < 1.29 is 23.5 Å². The Morgan fingerprint density at radius 3 is 2.29 bits per heavy atom. The number of aliphatic hydroxyl groups excluding tert-OH is 1. The van der Waals surface area contributed by atoms with E-state index in [-0.39, 0.29) is 36.2 Å². The normalized spacial score (nSPS) is 12.1. The van der Waals surface area contributed by atoms with E-state index < -0.39 is 0 Å². The van der Waals surface area contributed by atoms with Crippen LogP contribution in [0.5, 0.6) is 0 Å². The van der Waals surface area contributed by atoms with Crippen molar-refractivity contribution in [1.82, 2.24) is 10.6 Å². The van der Waals surface area contributed by atoms with E-state index in [9.17, 15) is 19.1 Å². The van der Waals surface area contributed by atoms with Crippen molar-refractivity contribution in [2.75, 3.05) is 13.7 Å². The highest BCUT2D eigenvalue weighted by molar-refractivity contribution is 6.11. The minimum atomic E-state index is -0.378. The van der Waals surface area contributed by atoms with Gasteiger partial charge in [0.2, 0.25) is 0 Å². The number of carbonyl (C=O) groups excluding carboxylic acids is 2. The first-order valence-electron chi connectivity index (χ1n) is 11.4. The molecule has 1 atom stereocenters. The lowest BCUT2D eigenvalue weighted by molar-refractivity contribution is 0.0896. The number of furan rings is 1. The quantitative estimate of drug-likeness (QED) is 0.351. The van der Waals surface area contributed by atoms with Crippen LogP contribution in [0.4, 0.5) is 4.39 Å². The van der Waals surface area contributed by atoms with Gasteiger partial charge in [0.25, 0.3) is 11.8 Å². The van der Waals surface area contributed by atoms with Crippen molar-refractivity contribution in [3.05, 3.63) is 83.7 Å². The molecule has 0 saturated heterocycles. The summed E-state index contributed by atoms with van der Waals surface area (Å²) in [6.07, 6.45) is 0. The molecule has 3 N–H and O–H groups in total. The lowest BCUT2D eigenvalue weighted by Crippen LogP contribution is -2.41. The average Bonchev–Trinajstić information content (AvgIpc) is 3.25. The summed E-state index contributed by atoms with van der Waals surface area (Å²) in [6.45, 7) is 3.73. The molecule has 7 heteroatoms. The molecule has 0 spiro atoms. The van der Waals surface area contributed by atoms with Gasteiger partial charge in [-0.05, 0) is 65.6 Å². The number of nitrogens with one attached hydrogen (secondary N) is 2. The van der Waals surface area contributed by atoms with Gasteiger partial charge in [-0.2, -0.15) is 0 Å². The summed E-state index contributed by atoms with van der Waals surface area (Å²) >= 11 is 0. The lowest BCUT2D eigenvalue weighted by atomic mass is 9.98. The third kappa shape index (κ3) is 4.95. The van der Waals surface area contributed by atoms with Crippen LogP contribution in [0.3, 0.4) is 0 Å². The number of aliphatic hydroxyl groups is 1.